The molecule has 0 fully saturated rings. The molecule has 0 aliphatic carbocycles. The van der Waals surface area contributed by atoms with Crippen LogP contribution in [0, 0.1) is 0 Å². The van der Waals surface area contributed by atoms with Crippen LogP contribution in [0.5, 0.6) is 0 Å². The van der Waals surface area contributed by atoms with Gasteiger partial charge >= 0.3 is 19.8 Å². The summed E-state index contributed by atoms with van der Waals surface area (Å²) in [5, 5.41) is 0. The summed E-state index contributed by atoms with van der Waals surface area (Å²) in [4.78, 5) is 35.0. The molecule has 0 saturated carbocycles. The Morgan fingerprint density at radius 3 is 1.02 bits per heavy atom. The molecule has 0 spiro atoms. The fourth-order valence-electron chi connectivity index (χ4n) is 7.87. The van der Waals surface area contributed by atoms with Gasteiger partial charge in [-0.3, -0.25) is 18.6 Å². The van der Waals surface area contributed by atoms with Crippen molar-refractivity contribution in [3.05, 3.63) is 0 Å². The molecule has 0 heterocycles. The van der Waals surface area contributed by atoms with Crippen LogP contribution in [0.15, 0.2) is 0 Å². The molecular formula is C50H100NO8P. The Morgan fingerprint density at radius 2 is 0.717 bits per heavy atom. The monoisotopic (exact) mass is 874 g/mol. The largest absolute Gasteiger partial charge is 0.472 e. The average molecular weight is 874 g/mol. The quantitative estimate of drug-likeness (QED) is 0.0348. The molecule has 0 rings (SSSR count). The molecule has 358 valence electrons. The summed E-state index contributed by atoms with van der Waals surface area (Å²) in [6.07, 6.45) is 50.0. The molecule has 0 aromatic heterocycles. The van der Waals surface area contributed by atoms with E-state index < -0.39 is 26.5 Å². The number of carbonyl (C=O) groups is 2. The average Bonchev–Trinajstić information content (AvgIpc) is 3.24. The summed E-state index contributed by atoms with van der Waals surface area (Å²) in [7, 11) is -4.37. The predicted octanol–water partition coefficient (Wildman–Crippen LogP) is 15.6. The number of nitrogens with two attached hydrogens (primary N) is 1. The normalized spacial score (nSPS) is 13.1. The first kappa shape index (κ1) is 59.0. The molecule has 10 heteroatoms. The van der Waals surface area contributed by atoms with Crippen molar-refractivity contribution in [2.45, 2.75) is 283 Å². The molecule has 0 radical (unpaired) electrons. The number of esters is 2. The van der Waals surface area contributed by atoms with Gasteiger partial charge in [-0.2, -0.15) is 0 Å². The van der Waals surface area contributed by atoms with Gasteiger partial charge in [0.2, 0.25) is 0 Å². The lowest BCUT2D eigenvalue weighted by molar-refractivity contribution is -0.161. The summed E-state index contributed by atoms with van der Waals surface area (Å²) >= 11 is 0. The highest BCUT2D eigenvalue weighted by Crippen LogP contribution is 2.43. The maximum atomic E-state index is 12.6. The lowest BCUT2D eigenvalue weighted by atomic mass is 10.0. The van der Waals surface area contributed by atoms with E-state index in [2.05, 4.69) is 13.8 Å². The van der Waals surface area contributed by atoms with E-state index in [9.17, 15) is 19.0 Å². The fraction of sp³-hybridized carbons (Fsp3) is 0.960. The second-order valence-electron chi connectivity index (χ2n) is 17.8. The molecule has 0 aliphatic heterocycles. The smallest absolute Gasteiger partial charge is 0.462 e. The number of ether oxygens (including phenoxy) is 2. The molecule has 0 aromatic carbocycles. The molecule has 1 unspecified atom stereocenters. The topological polar surface area (TPSA) is 134 Å². The van der Waals surface area contributed by atoms with E-state index in [1.54, 1.807) is 0 Å². The number of carbonyl (C=O) groups excluding carboxylic acids is 2. The Hall–Kier alpha value is -0.990. The van der Waals surface area contributed by atoms with Crippen molar-refractivity contribution in [2.75, 3.05) is 26.4 Å². The molecule has 0 bridgehead atoms. The van der Waals surface area contributed by atoms with E-state index in [-0.39, 0.29) is 38.6 Å². The van der Waals surface area contributed by atoms with Gasteiger partial charge in [-0.05, 0) is 12.8 Å². The molecular weight excluding hydrogens is 774 g/mol. The third-order valence-electron chi connectivity index (χ3n) is 11.7. The zero-order valence-electron chi connectivity index (χ0n) is 39.7. The van der Waals surface area contributed by atoms with Crippen molar-refractivity contribution in [2.24, 2.45) is 5.73 Å². The standard InChI is InChI=1S/C50H100NO8P/c1-3-5-7-9-11-13-15-17-19-21-22-23-24-25-27-28-30-32-34-36-38-40-42-49(52)56-46-48(47-58-60(54,55)57-45-44-51)59-50(53)43-41-39-37-35-33-31-29-26-20-18-16-14-12-10-8-6-4-2/h48H,3-47,51H2,1-2H3,(H,54,55)/t48-/m1/s1. The maximum Gasteiger partial charge on any atom is 0.472 e. The maximum absolute atomic E-state index is 12.6. The molecule has 0 aromatic rings. The van der Waals surface area contributed by atoms with Crippen LogP contribution in [0.1, 0.15) is 277 Å². The van der Waals surface area contributed by atoms with Crippen LogP contribution < -0.4 is 5.73 Å². The van der Waals surface area contributed by atoms with E-state index in [1.807, 2.05) is 0 Å². The number of unbranched alkanes of at least 4 members (excludes halogenated alkanes) is 37. The Kier molecular flexibility index (Phi) is 46.7. The number of phosphoric acid groups is 1. The Labute approximate surface area is 371 Å². The highest BCUT2D eigenvalue weighted by Gasteiger charge is 2.26. The first-order valence-electron chi connectivity index (χ1n) is 26.0. The van der Waals surface area contributed by atoms with Gasteiger partial charge in [-0.1, -0.05) is 251 Å². The molecule has 2 atom stereocenters. The Bertz CT molecular complexity index is 953. The number of hydrogen-bond acceptors (Lipinski definition) is 8. The van der Waals surface area contributed by atoms with Gasteiger partial charge in [-0.25, -0.2) is 4.57 Å². The molecule has 60 heavy (non-hydrogen) atoms. The van der Waals surface area contributed by atoms with Crippen molar-refractivity contribution in [3.63, 3.8) is 0 Å². The summed E-state index contributed by atoms with van der Waals surface area (Å²) in [5.41, 5.74) is 5.37. The number of hydrogen-bond donors (Lipinski definition) is 2. The molecule has 0 amide bonds. The highest BCUT2D eigenvalue weighted by molar-refractivity contribution is 7.47. The van der Waals surface area contributed by atoms with Crippen LogP contribution in [0.25, 0.3) is 0 Å². The molecule has 3 N–H and O–H groups in total. The summed E-state index contributed by atoms with van der Waals surface area (Å²) < 4.78 is 32.9. The van der Waals surface area contributed by atoms with E-state index in [0.717, 1.165) is 32.1 Å². The van der Waals surface area contributed by atoms with Gasteiger partial charge < -0.3 is 20.1 Å². The Balaban J connectivity index is 3.96. The van der Waals surface area contributed by atoms with Crippen molar-refractivity contribution in [1.82, 2.24) is 0 Å². The lowest BCUT2D eigenvalue weighted by Crippen LogP contribution is -2.29. The second kappa shape index (κ2) is 47.5. The molecule has 0 saturated heterocycles. The van der Waals surface area contributed by atoms with Crippen LogP contribution in [0.2, 0.25) is 0 Å². The van der Waals surface area contributed by atoms with Gasteiger partial charge in [0.05, 0.1) is 13.2 Å². The third kappa shape index (κ3) is 46.5. The zero-order valence-corrected chi connectivity index (χ0v) is 40.6. The first-order chi connectivity index (χ1) is 29.3. The predicted molar refractivity (Wildman–Crippen MR) is 252 cm³/mol. The SMILES string of the molecule is CCCCCCCCCCCCCCCCCCCCCCCCC(=O)OC[C@H](COP(=O)(O)OCCN)OC(=O)CCCCCCCCCCCCCCCCCCC. The van der Waals surface area contributed by atoms with Crippen LogP contribution in [-0.4, -0.2) is 49.3 Å². The zero-order chi connectivity index (χ0) is 43.9. The van der Waals surface area contributed by atoms with Crippen molar-refractivity contribution in [1.29, 1.82) is 0 Å². The molecule has 9 nitrogen and oxygen atoms in total. The van der Waals surface area contributed by atoms with Gasteiger partial charge in [0.15, 0.2) is 6.10 Å². The molecule has 0 aliphatic rings. The second-order valence-corrected chi connectivity index (χ2v) is 19.2. The minimum Gasteiger partial charge on any atom is -0.462 e. The van der Waals surface area contributed by atoms with E-state index in [1.165, 1.54) is 212 Å². The van der Waals surface area contributed by atoms with Gasteiger partial charge in [0.1, 0.15) is 6.61 Å². The number of phosphoric ester groups is 1. The van der Waals surface area contributed by atoms with E-state index >= 15 is 0 Å². The van der Waals surface area contributed by atoms with Gasteiger partial charge in [-0.15, -0.1) is 0 Å². The lowest BCUT2D eigenvalue weighted by Gasteiger charge is -2.19. The first-order valence-corrected chi connectivity index (χ1v) is 27.5. The van der Waals surface area contributed by atoms with Crippen LogP contribution >= 0.6 is 7.82 Å². The van der Waals surface area contributed by atoms with Crippen LogP contribution in [0.4, 0.5) is 0 Å². The van der Waals surface area contributed by atoms with Gasteiger partial charge in [0, 0.05) is 19.4 Å². The fourth-order valence-corrected chi connectivity index (χ4v) is 8.64. The third-order valence-corrected chi connectivity index (χ3v) is 12.7. The Morgan fingerprint density at radius 1 is 0.433 bits per heavy atom. The van der Waals surface area contributed by atoms with Crippen LogP contribution in [-0.2, 0) is 32.7 Å². The highest BCUT2D eigenvalue weighted by atomic mass is 31.2. The van der Waals surface area contributed by atoms with Crippen LogP contribution in [0.3, 0.4) is 0 Å². The van der Waals surface area contributed by atoms with Gasteiger partial charge in [0.25, 0.3) is 0 Å². The minimum absolute atomic E-state index is 0.0584. The minimum atomic E-state index is -4.37. The van der Waals surface area contributed by atoms with E-state index in [0.29, 0.717) is 6.42 Å². The summed E-state index contributed by atoms with van der Waals surface area (Å²) in [6, 6.07) is 0. The van der Waals surface area contributed by atoms with E-state index in [4.69, 9.17) is 24.3 Å². The summed E-state index contributed by atoms with van der Waals surface area (Å²) in [6.45, 7) is 3.81. The summed E-state index contributed by atoms with van der Waals surface area (Å²) in [5.74, 6) is -0.806. The van der Waals surface area contributed by atoms with Crippen molar-refractivity contribution in [3.8, 4) is 0 Å². The van der Waals surface area contributed by atoms with Crippen molar-refractivity contribution < 1.29 is 37.6 Å². The van der Waals surface area contributed by atoms with Crippen molar-refractivity contribution >= 4 is 19.8 Å². The number of rotatable bonds is 50.